The average Bonchev–Trinajstić information content (AvgIpc) is 3.34. The first-order chi connectivity index (χ1) is 17.9. The van der Waals surface area contributed by atoms with Crippen LogP contribution in [0.15, 0.2) is 24.4 Å². The van der Waals surface area contributed by atoms with Gasteiger partial charge in [0, 0.05) is 6.54 Å². The molecule has 1 aliphatic heterocycles. The molecule has 4 heterocycles. The van der Waals surface area contributed by atoms with Gasteiger partial charge in [-0.1, -0.05) is 6.07 Å². The molecule has 0 unspecified atom stereocenters. The van der Waals surface area contributed by atoms with Crippen LogP contribution in [0.4, 0.5) is 23.5 Å². The number of nitrogens with zero attached hydrogens (tertiary/aromatic N) is 6. The van der Waals surface area contributed by atoms with Crippen LogP contribution in [0.5, 0.6) is 5.88 Å². The SMILES string of the molecule is COc1nc(N[C@@H]2CCN(S(C)(=O)=O)CC2(F)F)nn2cc(F)c(-c3ccc4nc(C)n(CCF)c4c3)c12. The zero-order chi connectivity index (χ0) is 27.4. The van der Waals surface area contributed by atoms with Crippen LogP contribution < -0.4 is 10.1 Å². The number of ether oxygens (including phenoxy) is 1. The van der Waals surface area contributed by atoms with Crippen molar-refractivity contribution in [2.75, 3.05) is 38.4 Å². The highest BCUT2D eigenvalue weighted by Gasteiger charge is 2.47. The van der Waals surface area contributed by atoms with E-state index in [2.05, 4.69) is 20.4 Å². The predicted molar refractivity (Wildman–Crippen MR) is 132 cm³/mol. The Labute approximate surface area is 215 Å². The number of fused-ring (bicyclic) bond motifs is 2. The molecule has 15 heteroatoms. The summed E-state index contributed by atoms with van der Waals surface area (Å²) in [6, 6.07) is 3.59. The predicted octanol–water partition coefficient (Wildman–Crippen LogP) is 3.25. The molecule has 0 spiro atoms. The molecule has 1 N–H and O–H groups in total. The summed E-state index contributed by atoms with van der Waals surface area (Å²) in [6.07, 6.45) is 1.77. The lowest BCUT2D eigenvalue weighted by molar-refractivity contribution is -0.0541. The van der Waals surface area contributed by atoms with Crippen LogP contribution in [0.1, 0.15) is 12.2 Å². The second-order valence-corrected chi connectivity index (χ2v) is 11.1. The summed E-state index contributed by atoms with van der Waals surface area (Å²) in [7, 11) is -2.47. The molecule has 1 atom stereocenters. The Morgan fingerprint density at radius 3 is 2.68 bits per heavy atom. The summed E-state index contributed by atoms with van der Waals surface area (Å²) in [5, 5.41) is 6.74. The van der Waals surface area contributed by atoms with Crippen molar-refractivity contribution in [2.45, 2.75) is 31.9 Å². The van der Waals surface area contributed by atoms with Gasteiger partial charge in [-0.3, -0.25) is 0 Å². The molecule has 1 fully saturated rings. The first-order valence-corrected chi connectivity index (χ1v) is 13.5. The molecule has 1 saturated heterocycles. The fourth-order valence-corrected chi connectivity index (χ4v) is 5.63. The van der Waals surface area contributed by atoms with Gasteiger partial charge in [-0.2, -0.15) is 9.29 Å². The van der Waals surface area contributed by atoms with Crippen molar-refractivity contribution in [3.63, 3.8) is 0 Å². The van der Waals surface area contributed by atoms with Crippen molar-refractivity contribution in [1.82, 2.24) is 28.5 Å². The van der Waals surface area contributed by atoms with Gasteiger partial charge in [0.2, 0.25) is 21.9 Å². The first kappa shape index (κ1) is 26.2. The lowest BCUT2D eigenvalue weighted by Gasteiger charge is -2.37. The molecule has 5 rings (SSSR count). The number of piperidine rings is 1. The Morgan fingerprint density at radius 1 is 1.26 bits per heavy atom. The van der Waals surface area contributed by atoms with E-state index in [9.17, 15) is 21.6 Å². The highest BCUT2D eigenvalue weighted by molar-refractivity contribution is 7.88. The molecule has 1 aromatic carbocycles. The molecular weight excluding hydrogens is 530 g/mol. The molecule has 4 aromatic rings. The second-order valence-electron chi connectivity index (χ2n) is 9.14. The molecule has 3 aromatic heterocycles. The van der Waals surface area contributed by atoms with Crippen molar-refractivity contribution < 1.29 is 30.7 Å². The number of halogens is 4. The minimum Gasteiger partial charge on any atom is -0.479 e. The number of aryl methyl sites for hydroxylation is 2. The van der Waals surface area contributed by atoms with Gasteiger partial charge in [0.25, 0.3) is 5.92 Å². The number of methoxy groups -OCH3 is 1. The number of aromatic nitrogens is 5. The van der Waals surface area contributed by atoms with Crippen molar-refractivity contribution in [3.8, 4) is 17.0 Å². The van der Waals surface area contributed by atoms with E-state index in [1.165, 1.54) is 7.11 Å². The van der Waals surface area contributed by atoms with Gasteiger partial charge in [0.15, 0.2) is 5.82 Å². The minimum atomic E-state index is -3.78. The molecular formula is C23H25F4N7O3S. The van der Waals surface area contributed by atoms with Crippen LogP contribution in [-0.4, -0.2) is 82.0 Å². The first-order valence-electron chi connectivity index (χ1n) is 11.7. The summed E-state index contributed by atoms with van der Waals surface area (Å²) in [5.41, 5.74) is 1.98. The van der Waals surface area contributed by atoms with E-state index >= 15 is 4.39 Å². The number of alkyl halides is 3. The highest BCUT2D eigenvalue weighted by atomic mass is 32.2. The van der Waals surface area contributed by atoms with E-state index in [0.717, 1.165) is 21.3 Å². The van der Waals surface area contributed by atoms with E-state index in [0.29, 0.717) is 22.4 Å². The number of hydrogen-bond acceptors (Lipinski definition) is 7. The molecule has 10 nitrogen and oxygen atoms in total. The third-order valence-corrected chi connectivity index (χ3v) is 7.87. The smallest absolute Gasteiger partial charge is 0.281 e. The topological polar surface area (TPSA) is 107 Å². The number of anilines is 1. The van der Waals surface area contributed by atoms with Gasteiger partial charge < -0.3 is 14.6 Å². The largest absolute Gasteiger partial charge is 0.479 e. The molecule has 0 amide bonds. The van der Waals surface area contributed by atoms with Crippen LogP contribution >= 0.6 is 0 Å². The average molecular weight is 556 g/mol. The van der Waals surface area contributed by atoms with Gasteiger partial charge in [-0.15, -0.1) is 5.10 Å². The van der Waals surface area contributed by atoms with Crippen LogP contribution in [-0.2, 0) is 16.6 Å². The zero-order valence-electron chi connectivity index (χ0n) is 20.8. The number of rotatable bonds is 7. The minimum absolute atomic E-state index is 0.0631. The summed E-state index contributed by atoms with van der Waals surface area (Å²) in [4.78, 5) is 8.61. The summed E-state index contributed by atoms with van der Waals surface area (Å²) in [6.45, 7) is 0.175. The van der Waals surface area contributed by atoms with Crippen molar-refractivity contribution in [3.05, 3.63) is 36.0 Å². The molecule has 1 aliphatic rings. The lowest BCUT2D eigenvalue weighted by atomic mass is 10.0. The lowest BCUT2D eigenvalue weighted by Crippen LogP contribution is -2.55. The third-order valence-electron chi connectivity index (χ3n) is 6.62. The fraction of sp³-hybridized carbons (Fsp3) is 0.435. The van der Waals surface area contributed by atoms with Gasteiger partial charge >= 0.3 is 0 Å². The van der Waals surface area contributed by atoms with E-state index in [1.54, 1.807) is 29.7 Å². The summed E-state index contributed by atoms with van der Waals surface area (Å²) < 4.78 is 90.4. The normalized spacial score (nSPS) is 18.3. The Hall–Kier alpha value is -3.46. The molecule has 204 valence electrons. The molecule has 38 heavy (non-hydrogen) atoms. The van der Waals surface area contributed by atoms with Crippen molar-refractivity contribution >= 4 is 32.5 Å². The summed E-state index contributed by atoms with van der Waals surface area (Å²) in [5.74, 6) is -3.75. The molecule has 0 bridgehead atoms. The maximum atomic E-state index is 15.3. The van der Waals surface area contributed by atoms with E-state index in [1.807, 2.05) is 0 Å². The number of benzene rings is 1. The number of sulfonamides is 1. The number of imidazole rings is 1. The van der Waals surface area contributed by atoms with Crippen LogP contribution in [0.3, 0.4) is 0 Å². The van der Waals surface area contributed by atoms with E-state index in [4.69, 9.17) is 4.74 Å². The Balaban J connectivity index is 1.53. The standard InChI is InChI=1S/C23H25F4N7O3S/c1-13-28-16-5-4-14(10-17(16)33(13)9-7-24)19-15(25)11-34-20(19)21(37-2)30-22(31-34)29-18-6-8-32(38(3,35)36)12-23(18,26)27/h4-5,10-11,18H,6-9,12H2,1-3H3,(H,29,31)/t18-/m1/s1. The molecule has 0 saturated carbocycles. The number of nitrogens with one attached hydrogen (secondary N) is 1. The van der Waals surface area contributed by atoms with Gasteiger partial charge in [-0.05, 0) is 31.0 Å². The van der Waals surface area contributed by atoms with E-state index in [-0.39, 0.29) is 42.4 Å². The third kappa shape index (κ3) is 4.53. The Morgan fingerprint density at radius 2 is 2.03 bits per heavy atom. The zero-order valence-corrected chi connectivity index (χ0v) is 21.6. The van der Waals surface area contributed by atoms with Crippen LogP contribution in [0.2, 0.25) is 0 Å². The molecule has 0 aliphatic carbocycles. The van der Waals surface area contributed by atoms with E-state index < -0.39 is 41.0 Å². The maximum absolute atomic E-state index is 15.3. The van der Waals surface area contributed by atoms with Crippen LogP contribution in [0.25, 0.3) is 27.7 Å². The quantitative estimate of drug-likeness (QED) is 0.349. The maximum Gasteiger partial charge on any atom is 0.281 e. The Kier molecular flexibility index (Phi) is 6.46. The fourth-order valence-electron chi connectivity index (χ4n) is 4.79. The highest BCUT2D eigenvalue weighted by Crippen LogP contribution is 2.36. The second kappa shape index (κ2) is 9.38. The monoisotopic (exact) mass is 555 g/mol. The molecule has 0 radical (unpaired) electrons. The van der Waals surface area contributed by atoms with Gasteiger partial charge in [0.1, 0.15) is 18.0 Å². The summed E-state index contributed by atoms with van der Waals surface area (Å²) >= 11 is 0. The van der Waals surface area contributed by atoms with Crippen LogP contribution in [0, 0.1) is 12.7 Å². The van der Waals surface area contributed by atoms with Gasteiger partial charge in [-0.25, -0.2) is 35.5 Å². The Bertz CT molecular complexity index is 1640. The number of hydrogen-bond donors (Lipinski definition) is 1. The van der Waals surface area contributed by atoms with Gasteiger partial charge in [0.05, 0.1) is 55.3 Å². The van der Waals surface area contributed by atoms with Crippen molar-refractivity contribution in [2.24, 2.45) is 0 Å². The van der Waals surface area contributed by atoms with Crippen molar-refractivity contribution in [1.29, 1.82) is 0 Å².